The van der Waals surface area contributed by atoms with Crippen molar-refractivity contribution in [2.45, 2.75) is 66.5 Å². The minimum atomic E-state index is -0.532. The van der Waals surface area contributed by atoms with E-state index in [0.717, 1.165) is 5.56 Å². The van der Waals surface area contributed by atoms with Crippen LogP contribution in [0.3, 0.4) is 0 Å². The minimum absolute atomic E-state index is 0.0306. The third-order valence-electron chi connectivity index (χ3n) is 3.73. The first kappa shape index (κ1) is 20.1. The third-order valence-corrected chi connectivity index (χ3v) is 3.73. The summed E-state index contributed by atoms with van der Waals surface area (Å²) in [6, 6.07) is 6.85. The van der Waals surface area contributed by atoms with Crippen LogP contribution >= 0.6 is 0 Å². The van der Waals surface area contributed by atoms with Crippen molar-refractivity contribution in [1.29, 1.82) is 0 Å². The van der Waals surface area contributed by atoms with Gasteiger partial charge in [-0.25, -0.2) is 4.79 Å². The molecular formula is C20H31NO3. The summed E-state index contributed by atoms with van der Waals surface area (Å²) in [6.45, 7) is 14.0. The number of hydrogen-bond acceptors (Lipinski definition) is 3. The van der Waals surface area contributed by atoms with E-state index in [9.17, 15) is 9.90 Å². The van der Waals surface area contributed by atoms with Crippen molar-refractivity contribution in [3.8, 4) is 5.75 Å². The van der Waals surface area contributed by atoms with Gasteiger partial charge in [-0.3, -0.25) is 0 Å². The molecule has 1 aromatic carbocycles. The van der Waals surface area contributed by atoms with Gasteiger partial charge in [-0.15, -0.1) is 0 Å². The van der Waals surface area contributed by atoms with Crippen molar-refractivity contribution < 1.29 is 14.6 Å². The molecule has 1 rings (SSSR count). The molecule has 0 spiro atoms. The maximum atomic E-state index is 12.1. The van der Waals surface area contributed by atoms with E-state index >= 15 is 0 Å². The van der Waals surface area contributed by atoms with Crippen LogP contribution in [0, 0.1) is 5.41 Å². The smallest absolute Gasteiger partial charge is 0.408 e. The van der Waals surface area contributed by atoms with Gasteiger partial charge in [0.2, 0.25) is 0 Å². The predicted molar refractivity (Wildman–Crippen MR) is 98.2 cm³/mol. The maximum Gasteiger partial charge on any atom is 0.408 e. The van der Waals surface area contributed by atoms with E-state index in [-0.39, 0.29) is 17.2 Å². The Morgan fingerprint density at radius 2 is 1.71 bits per heavy atom. The van der Waals surface area contributed by atoms with Gasteiger partial charge in [-0.05, 0) is 57.2 Å². The molecule has 0 saturated heterocycles. The lowest BCUT2D eigenvalue weighted by atomic mass is 9.86. The van der Waals surface area contributed by atoms with Gasteiger partial charge >= 0.3 is 6.09 Å². The average molecular weight is 333 g/mol. The fourth-order valence-electron chi connectivity index (χ4n) is 2.05. The molecule has 24 heavy (non-hydrogen) atoms. The first-order valence-corrected chi connectivity index (χ1v) is 8.33. The summed E-state index contributed by atoms with van der Waals surface area (Å²) in [5.74, 6) is 0.233. The second-order valence-electron chi connectivity index (χ2n) is 8.22. The van der Waals surface area contributed by atoms with Crippen molar-refractivity contribution in [1.82, 2.24) is 5.32 Å². The molecule has 134 valence electrons. The number of ether oxygens (including phenoxy) is 1. The van der Waals surface area contributed by atoms with Crippen LogP contribution in [-0.2, 0) is 11.2 Å². The largest absolute Gasteiger partial charge is 0.508 e. The van der Waals surface area contributed by atoms with Gasteiger partial charge < -0.3 is 15.2 Å². The highest BCUT2D eigenvalue weighted by molar-refractivity contribution is 5.68. The molecule has 2 N–H and O–H groups in total. The number of allylic oxidation sites excluding steroid dienone is 1. The van der Waals surface area contributed by atoms with E-state index in [1.165, 1.54) is 5.57 Å². The van der Waals surface area contributed by atoms with E-state index in [2.05, 4.69) is 39.1 Å². The summed E-state index contributed by atoms with van der Waals surface area (Å²) in [6.07, 6.45) is 2.29. The van der Waals surface area contributed by atoms with Gasteiger partial charge in [0.15, 0.2) is 0 Å². The lowest BCUT2D eigenvalue weighted by Gasteiger charge is -2.25. The molecule has 0 bridgehead atoms. The monoisotopic (exact) mass is 333 g/mol. The molecule has 4 heteroatoms. The lowest BCUT2D eigenvalue weighted by molar-refractivity contribution is 0.0514. The number of rotatable bonds is 4. The number of alkyl carbamates (subject to hydrolysis) is 1. The van der Waals surface area contributed by atoms with Gasteiger partial charge in [0, 0.05) is 0 Å². The number of amides is 1. The van der Waals surface area contributed by atoms with Gasteiger partial charge in [-0.2, -0.15) is 0 Å². The zero-order chi connectivity index (χ0) is 18.5. The molecule has 0 unspecified atom stereocenters. The molecule has 4 nitrogen and oxygen atoms in total. The van der Waals surface area contributed by atoms with Crippen LogP contribution in [0.25, 0.3) is 0 Å². The van der Waals surface area contributed by atoms with Crippen LogP contribution in [0.2, 0.25) is 0 Å². The number of phenols is 1. The number of aromatic hydroxyl groups is 1. The quantitative estimate of drug-likeness (QED) is 0.777. The highest BCUT2D eigenvalue weighted by Gasteiger charge is 2.20. The van der Waals surface area contributed by atoms with Crippen molar-refractivity contribution in [2.75, 3.05) is 0 Å². The SMILES string of the molecule is C/C(=C/[C@H](Cc1ccc(O)cc1)NC(=O)OC(C)(C)C)C(C)(C)C. The fourth-order valence-corrected chi connectivity index (χ4v) is 2.05. The predicted octanol–water partition coefficient (Wildman–Crippen LogP) is 4.82. The van der Waals surface area contributed by atoms with Crippen molar-refractivity contribution in [2.24, 2.45) is 5.41 Å². The van der Waals surface area contributed by atoms with Crippen LogP contribution in [0.5, 0.6) is 5.75 Å². The Bertz CT molecular complexity index is 574. The van der Waals surface area contributed by atoms with Crippen molar-refractivity contribution in [3.05, 3.63) is 41.5 Å². The number of nitrogens with one attached hydrogen (secondary N) is 1. The maximum absolute atomic E-state index is 12.1. The molecule has 1 aromatic rings. The van der Waals surface area contributed by atoms with Crippen LogP contribution in [0.15, 0.2) is 35.9 Å². The highest BCUT2D eigenvalue weighted by atomic mass is 16.6. The minimum Gasteiger partial charge on any atom is -0.508 e. The third kappa shape index (κ3) is 7.53. The molecule has 0 fully saturated rings. The molecular weight excluding hydrogens is 302 g/mol. The zero-order valence-corrected chi connectivity index (χ0v) is 15.9. The van der Waals surface area contributed by atoms with E-state index in [0.29, 0.717) is 6.42 Å². The van der Waals surface area contributed by atoms with Gasteiger partial charge in [0.05, 0.1) is 6.04 Å². The number of hydrogen-bond donors (Lipinski definition) is 2. The van der Waals surface area contributed by atoms with Crippen LogP contribution in [0.1, 0.15) is 54.0 Å². The van der Waals surface area contributed by atoms with E-state index < -0.39 is 11.7 Å². The van der Waals surface area contributed by atoms with Gasteiger partial charge in [0.1, 0.15) is 11.4 Å². The Balaban J connectivity index is 2.94. The van der Waals surface area contributed by atoms with Crippen LogP contribution in [0.4, 0.5) is 4.79 Å². The van der Waals surface area contributed by atoms with Crippen LogP contribution in [-0.4, -0.2) is 22.8 Å². The normalized spacial score (nSPS) is 14.2. The lowest BCUT2D eigenvalue weighted by Crippen LogP contribution is -2.39. The summed E-state index contributed by atoms with van der Waals surface area (Å²) in [4.78, 5) is 12.1. The summed E-state index contributed by atoms with van der Waals surface area (Å²) in [5, 5.41) is 12.4. The number of carbonyl (C=O) groups excluding carboxylic acids is 1. The molecule has 0 aliphatic rings. The van der Waals surface area contributed by atoms with Gasteiger partial charge in [0.25, 0.3) is 0 Å². The molecule has 0 aliphatic heterocycles. The second-order valence-corrected chi connectivity index (χ2v) is 8.22. The van der Waals surface area contributed by atoms with Crippen LogP contribution < -0.4 is 5.32 Å². The fraction of sp³-hybridized carbons (Fsp3) is 0.550. The molecule has 1 atom stereocenters. The van der Waals surface area contributed by atoms with E-state index in [4.69, 9.17) is 4.74 Å². The molecule has 0 heterocycles. The van der Waals surface area contributed by atoms with Gasteiger partial charge in [-0.1, -0.05) is 44.6 Å². The molecule has 0 aliphatic carbocycles. The molecule has 0 aromatic heterocycles. The van der Waals surface area contributed by atoms with E-state index in [1.807, 2.05) is 32.9 Å². The summed E-state index contributed by atoms with van der Waals surface area (Å²) >= 11 is 0. The second kappa shape index (κ2) is 7.73. The number of carbonyl (C=O) groups is 1. The highest BCUT2D eigenvalue weighted by Crippen LogP contribution is 2.25. The molecule has 0 radical (unpaired) electrons. The standard InChI is InChI=1S/C20H31NO3/c1-14(19(2,3)4)12-16(21-18(23)24-20(5,6)7)13-15-8-10-17(22)11-9-15/h8-12,16,22H,13H2,1-7H3,(H,21,23)/b14-12-/t16-/m1/s1. The number of benzene rings is 1. The van der Waals surface area contributed by atoms with E-state index in [1.54, 1.807) is 12.1 Å². The Kier molecular flexibility index (Phi) is 6.47. The topological polar surface area (TPSA) is 58.6 Å². The van der Waals surface area contributed by atoms with Crippen molar-refractivity contribution in [3.63, 3.8) is 0 Å². The zero-order valence-electron chi connectivity index (χ0n) is 15.9. The first-order chi connectivity index (χ1) is 10.9. The Hall–Kier alpha value is -1.97. The summed E-state index contributed by atoms with van der Waals surface area (Å²) in [7, 11) is 0. The summed E-state index contributed by atoms with van der Waals surface area (Å²) < 4.78 is 5.37. The number of phenolic OH excluding ortho intramolecular Hbond substituents is 1. The molecule has 0 saturated carbocycles. The Labute approximate surface area is 145 Å². The van der Waals surface area contributed by atoms with Crippen molar-refractivity contribution >= 4 is 6.09 Å². The Morgan fingerprint density at radius 3 is 2.17 bits per heavy atom. The Morgan fingerprint density at radius 1 is 1.17 bits per heavy atom. The average Bonchev–Trinajstić information content (AvgIpc) is 2.37. The summed E-state index contributed by atoms with van der Waals surface area (Å²) in [5.41, 5.74) is 1.73. The molecule has 1 amide bonds. The first-order valence-electron chi connectivity index (χ1n) is 8.33.